The molecule has 0 fully saturated rings. The van der Waals surface area contributed by atoms with Gasteiger partial charge >= 0.3 is 0 Å². The van der Waals surface area contributed by atoms with Crippen molar-refractivity contribution in [3.63, 3.8) is 0 Å². The number of sulfonamides is 1. The van der Waals surface area contributed by atoms with Crippen LogP contribution in [0.3, 0.4) is 0 Å². The van der Waals surface area contributed by atoms with E-state index in [0.717, 1.165) is 32.1 Å². The number of amides is 2. The van der Waals surface area contributed by atoms with E-state index in [9.17, 15) is 18.0 Å². The van der Waals surface area contributed by atoms with Gasteiger partial charge < -0.3 is 10.2 Å². The highest BCUT2D eigenvalue weighted by molar-refractivity contribution is 7.92. The molecule has 3 aromatic carbocycles. The second-order valence-electron chi connectivity index (χ2n) is 10.7. The first kappa shape index (κ1) is 30.9. The van der Waals surface area contributed by atoms with E-state index in [1.807, 2.05) is 78.8 Å². The lowest BCUT2D eigenvalue weighted by atomic mass is 10.1. The van der Waals surface area contributed by atoms with E-state index in [4.69, 9.17) is 0 Å². The molecule has 214 valence electrons. The zero-order chi connectivity index (χ0) is 29.6. The molecule has 0 heterocycles. The van der Waals surface area contributed by atoms with Gasteiger partial charge in [0.05, 0.1) is 10.6 Å². The molecule has 0 saturated carbocycles. The molecule has 3 aromatic rings. The lowest BCUT2D eigenvalue weighted by Gasteiger charge is -2.33. The van der Waals surface area contributed by atoms with Crippen LogP contribution in [0.25, 0.3) is 0 Å². The van der Waals surface area contributed by atoms with Crippen molar-refractivity contribution in [2.75, 3.05) is 10.8 Å². The molecule has 2 amide bonds. The van der Waals surface area contributed by atoms with Crippen LogP contribution in [-0.2, 0) is 26.2 Å². The standard InChI is InChI=1S/C32H41N3O4S/c1-8-30(32(37)33-22(2)3)34(20-27-14-9-23(4)10-15-27)31(36)21-35(28-16-13-25(6)26(7)19-28)40(38,39)29-17-11-24(5)12-18-29/h9-19,22,30H,8,20-21H2,1-7H3,(H,33,37)/t30-/m0/s1. The van der Waals surface area contributed by atoms with Crippen molar-refractivity contribution in [2.45, 2.75) is 78.4 Å². The predicted octanol–water partition coefficient (Wildman–Crippen LogP) is 5.45. The summed E-state index contributed by atoms with van der Waals surface area (Å²) >= 11 is 0. The summed E-state index contributed by atoms with van der Waals surface area (Å²) in [6.45, 7) is 13.0. The van der Waals surface area contributed by atoms with Gasteiger partial charge in [-0.3, -0.25) is 13.9 Å². The molecule has 0 unspecified atom stereocenters. The van der Waals surface area contributed by atoms with Gasteiger partial charge in [0, 0.05) is 12.6 Å². The topological polar surface area (TPSA) is 86.8 Å². The first-order valence-corrected chi connectivity index (χ1v) is 15.1. The summed E-state index contributed by atoms with van der Waals surface area (Å²) in [5, 5.41) is 2.92. The number of hydrogen-bond donors (Lipinski definition) is 1. The lowest BCUT2D eigenvalue weighted by Crippen LogP contribution is -2.53. The van der Waals surface area contributed by atoms with Crippen molar-refractivity contribution in [3.8, 4) is 0 Å². The third-order valence-corrected chi connectivity index (χ3v) is 8.74. The minimum absolute atomic E-state index is 0.0961. The van der Waals surface area contributed by atoms with Crippen molar-refractivity contribution in [1.29, 1.82) is 0 Å². The van der Waals surface area contributed by atoms with Crippen molar-refractivity contribution in [1.82, 2.24) is 10.2 Å². The normalized spacial score (nSPS) is 12.2. The average Bonchev–Trinajstić information content (AvgIpc) is 2.89. The van der Waals surface area contributed by atoms with Crippen LogP contribution in [0, 0.1) is 27.7 Å². The monoisotopic (exact) mass is 563 g/mol. The number of hydrogen-bond acceptors (Lipinski definition) is 4. The van der Waals surface area contributed by atoms with Gasteiger partial charge in [-0.2, -0.15) is 0 Å². The molecule has 40 heavy (non-hydrogen) atoms. The minimum Gasteiger partial charge on any atom is -0.352 e. The Morgan fingerprint density at radius 2 is 1.40 bits per heavy atom. The van der Waals surface area contributed by atoms with Gasteiger partial charge in [0.25, 0.3) is 10.0 Å². The van der Waals surface area contributed by atoms with E-state index in [1.165, 1.54) is 4.90 Å². The van der Waals surface area contributed by atoms with Crippen LogP contribution in [0.1, 0.15) is 55.0 Å². The van der Waals surface area contributed by atoms with E-state index in [-0.39, 0.29) is 23.4 Å². The van der Waals surface area contributed by atoms with Gasteiger partial charge in [0.15, 0.2) is 0 Å². The second-order valence-corrected chi connectivity index (χ2v) is 12.6. The smallest absolute Gasteiger partial charge is 0.264 e. The number of anilines is 1. The minimum atomic E-state index is -4.09. The lowest BCUT2D eigenvalue weighted by molar-refractivity contribution is -0.140. The predicted molar refractivity (Wildman–Crippen MR) is 161 cm³/mol. The van der Waals surface area contributed by atoms with Crippen LogP contribution in [0.5, 0.6) is 0 Å². The molecule has 1 atom stereocenters. The summed E-state index contributed by atoms with van der Waals surface area (Å²) in [4.78, 5) is 28.9. The first-order valence-electron chi connectivity index (χ1n) is 13.7. The Hall–Kier alpha value is -3.65. The second kappa shape index (κ2) is 13.1. The maximum Gasteiger partial charge on any atom is 0.264 e. The van der Waals surface area contributed by atoms with Gasteiger partial charge in [-0.05, 0) is 88.9 Å². The van der Waals surface area contributed by atoms with Crippen molar-refractivity contribution < 1.29 is 18.0 Å². The molecule has 8 heteroatoms. The number of nitrogens with zero attached hydrogens (tertiary/aromatic N) is 2. The fourth-order valence-electron chi connectivity index (χ4n) is 4.44. The third-order valence-electron chi connectivity index (χ3n) is 6.96. The molecular weight excluding hydrogens is 522 g/mol. The van der Waals surface area contributed by atoms with Crippen LogP contribution in [0.4, 0.5) is 5.69 Å². The Morgan fingerprint density at radius 3 is 1.93 bits per heavy atom. The maximum absolute atomic E-state index is 14.1. The van der Waals surface area contributed by atoms with Crippen LogP contribution >= 0.6 is 0 Å². The summed E-state index contributed by atoms with van der Waals surface area (Å²) in [5.74, 6) is -0.725. The number of benzene rings is 3. The fraction of sp³-hybridized carbons (Fsp3) is 0.375. The number of rotatable bonds is 11. The summed E-state index contributed by atoms with van der Waals surface area (Å²) in [5.41, 5.74) is 5.18. The highest BCUT2D eigenvalue weighted by Gasteiger charge is 2.34. The molecular formula is C32H41N3O4S. The summed E-state index contributed by atoms with van der Waals surface area (Å²) in [6, 6.07) is 18.8. The van der Waals surface area contributed by atoms with Gasteiger partial charge in [0.1, 0.15) is 12.6 Å². The molecule has 0 saturated heterocycles. The Kier molecular flexibility index (Phi) is 10.1. The van der Waals surface area contributed by atoms with Gasteiger partial charge in [0.2, 0.25) is 11.8 Å². The Morgan fingerprint density at radius 1 is 0.825 bits per heavy atom. The number of aryl methyl sites for hydroxylation is 4. The van der Waals surface area contributed by atoms with Crippen molar-refractivity contribution in [2.24, 2.45) is 0 Å². The SMILES string of the molecule is CC[C@@H](C(=O)NC(C)C)N(Cc1ccc(C)cc1)C(=O)CN(c1ccc(C)c(C)c1)S(=O)(=O)c1ccc(C)cc1. The fourth-order valence-corrected chi connectivity index (χ4v) is 5.84. The quantitative estimate of drug-likeness (QED) is 0.336. The number of carbonyl (C=O) groups excluding carboxylic acids is 2. The summed E-state index contributed by atoms with van der Waals surface area (Å²) < 4.78 is 29.1. The van der Waals surface area contributed by atoms with Crippen molar-refractivity contribution >= 4 is 27.5 Å². The van der Waals surface area contributed by atoms with E-state index in [2.05, 4.69) is 5.32 Å². The molecule has 0 aliphatic carbocycles. The van der Waals surface area contributed by atoms with Gasteiger partial charge in [-0.25, -0.2) is 8.42 Å². The molecule has 7 nitrogen and oxygen atoms in total. The van der Waals surface area contributed by atoms with Crippen LogP contribution in [0.2, 0.25) is 0 Å². The molecule has 0 bridgehead atoms. The Balaban J connectivity index is 2.08. The summed E-state index contributed by atoms with van der Waals surface area (Å²) in [7, 11) is -4.09. The molecule has 0 aliphatic rings. The summed E-state index contributed by atoms with van der Waals surface area (Å²) in [6.07, 6.45) is 0.379. The van der Waals surface area contributed by atoms with E-state index >= 15 is 0 Å². The number of nitrogens with one attached hydrogen (secondary N) is 1. The average molecular weight is 564 g/mol. The zero-order valence-electron chi connectivity index (χ0n) is 24.6. The molecule has 0 aromatic heterocycles. The molecule has 0 radical (unpaired) electrons. The molecule has 0 aliphatic heterocycles. The van der Waals surface area contributed by atoms with Crippen LogP contribution in [0.15, 0.2) is 71.6 Å². The largest absolute Gasteiger partial charge is 0.352 e. The first-order chi connectivity index (χ1) is 18.8. The van der Waals surface area contributed by atoms with E-state index in [0.29, 0.717) is 12.1 Å². The van der Waals surface area contributed by atoms with E-state index < -0.39 is 28.5 Å². The molecule has 0 spiro atoms. The highest BCUT2D eigenvalue weighted by Crippen LogP contribution is 2.27. The van der Waals surface area contributed by atoms with Crippen LogP contribution < -0.4 is 9.62 Å². The van der Waals surface area contributed by atoms with Gasteiger partial charge in [-0.15, -0.1) is 0 Å². The van der Waals surface area contributed by atoms with Crippen molar-refractivity contribution in [3.05, 3.63) is 94.5 Å². The Bertz CT molecular complexity index is 1430. The molecule has 1 N–H and O–H groups in total. The van der Waals surface area contributed by atoms with E-state index in [1.54, 1.807) is 36.4 Å². The third kappa shape index (κ3) is 7.50. The number of carbonyl (C=O) groups is 2. The maximum atomic E-state index is 14.1. The highest BCUT2D eigenvalue weighted by atomic mass is 32.2. The zero-order valence-corrected chi connectivity index (χ0v) is 25.4. The Labute approximate surface area is 239 Å². The van der Waals surface area contributed by atoms with Gasteiger partial charge in [-0.1, -0.05) is 60.5 Å². The molecule has 3 rings (SSSR count). The van der Waals surface area contributed by atoms with Crippen LogP contribution in [-0.4, -0.2) is 43.8 Å².